The van der Waals surface area contributed by atoms with Gasteiger partial charge in [-0.05, 0) is 42.6 Å². The summed E-state index contributed by atoms with van der Waals surface area (Å²) in [4.78, 5) is 26.9. The summed E-state index contributed by atoms with van der Waals surface area (Å²) in [5.41, 5.74) is 0.327. The number of nitrogens with one attached hydrogen (secondary N) is 1. The highest BCUT2D eigenvalue weighted by atomic mass is 32.1. The molecule has 0 aliphatic carbocycles. The van der Waals surface area contributed by atoms with E-state index in [4.69, 9.17) is 0 Å². The van der Waals surface area contributed by atoms with E-state index in [1.165, 1.54) is 29.1 Å². The maximum absolute atomic E-state index is 12.8. The summed E-state index contributed by atoms with van der Waals surface area (Å²) in [5.74, 6) is -0.957. The van der Waals surface area contributed by atoms with Gasteiger partial charge in [0.05, 0.1) is 6.54 Å². The minimum atomic E-state index is -0.403. The van der Waals surface area contributed by atoms with Crippen LogP contribution in [0.4, 0.5) is 4.39 Å². The average molecular weight is 334 g/mol. The van der Waals surface area contributed by atoms with Crippen LogP contribution in [0.25, 0.3) is 0 Å². The highest BCUT2D eigenvalue weighted by molar-refractivity contribution is 7.09. The minimum absolute atomic E-state index is 0.0453. The first-order valence-corrected chi connectivity index (χ1v) is 8.17. The molecule has 6 heteroatoms. The van der Waals surface area contributed by atoms with Gasteiger partial charge in [-0.1, -0.05) is 6.07 Å². The summed E-state index contributed by atoms with van der Waals surface area (Å²) >= 11 is 1.66. The zero-order valence-electron chi connectivity index (χ0n) is 13.1. The lowest BCUT2D eigenvalue weighted by Gasteiger charge is -2.24. The highest BCUT2D eigenvalue weighted by Gasteiger charge is 2.17. The van der Waals surface area contributed by atoms with Gasteiger partial charge in [0.1, 0.15) is 5.82 Å². The monoisotopic (exact) mass is 334 g/mol. The molecule has 0 radical (unpaired) electrons. The second-order valence-corrected chi connectivity index (χ2v) is 6.36. The minimum Gasteiger partial charge on any atom is -0.343 e. The van der Waals surface area contributed by atoms with Crippen LogP contribution in [-0.4, -0.2) is 36.3 Å². The lowest BCUT2D eigenvalue weighted by Crippen LogP contribution is -2.42. The Labute approximate surface area is 138 Å². The molecule has 0 fully saturated rings. The molecule has 23 heavy (non-hydrogen) atoms. The predicted octanol–water partition coefficient (Wildman–Crippen LogP) is 2.71. The number of carbonyl (C=O) groups excluding carboxylic acids is 2. The van der Waals surface area contributed by atoms with Gasteiger partial charge in [-0.3, -0.25) is 9.59 Å². The van der Waals surface area contributed by atoms with Crippen molar-refractivity contribution in [3.8, 4) is 0 Å². The van der Waals surface area contributed by atoms with Crippen LogP contribution in [0.2, 0.25) is 0 Å². The molecule has 1 heterocycles. The molecule has 0 spiro atoms. The molecule has 0 saturated carbocycles. The lowest BCUT2D eigenvalue weighted by molar-refractivity contribution is -0.130. The molecule has 122 valence electrons. The Kier molecular flexibility index (Phi) is 5.87. The molecule has 0 bridgehead atoms. The van der Waals surface area contributed by atoms with Gasteiger partial charge in [-0.2, -0.15) is 0 Å². The number of carbonyl (C=O) groups is 2. The third kappa shape index (κ3) is 4.89. The zero-order valence-corrected chi connectivity index (χ0v) is 13.9. The first-order chi connectivity index (χ1) is 11.0. The van der Waals surface area contributed by atoms with Crippen molar-refractivity contribution in [3.63, 3.8) is 0 Å². The molecular formula is C17H19FN2O2S. The van der Waals surface area contributed by atoms with Crippen molar-refractivity contribution in [1.29, 1.82) is 0 Å². The van der Waals surface area contributed by atoms with Crippen molar-refractivity contribution in [2.75, 3.05) is 13.6 Å². The number of hydrogen-bond donors (Lipinski definition) is 1. The third-order valence-corrected chi connectivity index (χ3v) is 4.54. The van der Waals surface area contributed by atoms with Crippen LogP contribution in [0.3, 0.4) is 0 Å². The van der Waals surface area contributed by atoms with Crippen molar-refractivity contribution in [1.82, 2.24) is 10.2 Å². The van der Waals surface area contributed by atoms with E-state index in [0.29, 0.717) is 5.56 Å². The van der Waals surface area contributed by atoms with Crippen LogP contribution >= 0.6 is 11.3 Å². The van der Waals surface area contributed by atoms with E-state index in [1.807, 2.05) is 24.4 Å². The molecule has 1 atom stereocenters. The van der Waals surface area contributed by atoms with Crippen LogP contribution < -0.4 is 5.32 Å². The number of thiophene rings is 1. The number of amides is 2. The number of likely N-dealkylation sites (N-methyl/N-ethyl adjacent to an activating group) is 1. The molecule has 1 aromatic carbocycles. The van der Waals surface area contributed by atoms with Crippen molar-refractivity contribution in [2.24, 2.45) is 0 Å². The summed E-state index contributed by atoms with van der Waals surface area (Å²) in [6, 6.07) is 9.27. The van der Waals surface area contributed by atoms with Gasteiger partial charge in [-0.15, -0.1) is 11.3 Å². The van der Waals surface area contributed by atoms with Gasteiger partial charge in [0.2, 0.25) is 5.91 Å². The molecule has 2 aromatic rings. The summed E-state index contributed by atoms with van der Waals surface area (Å²) in [6.07, 6.45) is 0.784. The van der Waals surface area contributed by atoms with E-state index in [9.17, 15) is 14.0 Å². The summed E-state index contributed by atoms with van der Waals surface area (Å²) in [6.45, 7) is 1.89. The SMILES string of the molecule is C[C@@H](Cc1cccs1)N(C)C(=O)CNC(=O)c1ccc(F)cc1. The van der Waals surface area contributed by atoms with Crippen molar-refractivity contribution < 1.29 is 14.0 Å². The highest BCUT2D eigenvalue weighted by Crippen LogP contribution is 2.13. The smallest absolute Gasteiger partial charge is 0.251 e. The van der Waals surface area contributed by atoms with Gasteiger partial charge in [0, 0.05) is 30.0 Å². The van der Waals surface area contributed by atoms with Crippen LogP contribution in [-0.2, 0) is 11.2 Å². The van der Waals surface area contributed by atoms with E-state index in [2.05, 4.69) is 5.32 Å². The fraction of sp³-hybridized carbons (Fsp3) is 0.294. The maximum atomic E-state index is 12.8. The van der Waals surface area contributed by atoms with E-state index < -0.39 is 11.7 Å². The fourth-order valence-electron chi connectivity index (χ4n) is 2.09. The first kappa shape index (κ1) is 17.1. The third-order valence-electron chi connectivity index (χ3n) is 3.64. The Morgan fingerprint density at radius 3 is 2.57 bits per heavy atom. The zero-order chi connectivity index (χ0) is 16.8. The summed E-state index contributed by atoms with van der Waals surface area (Å²) < 4.78 is 12.8. The van der Waals surface area contributed by atoms with E-state index >= 15 is 0 Å². The normalized spacial score (nSPS) is 11.8. The molecule has 1 N–H and O–H groups in total. The molecule has 0 aliphatic heterocycles. The van der Waals surface area contributed by atoms with Gasteiger partial charge >= 0.3 is 0 Å². The Morgan fingerprint density at radius 2 is 1.96 bits per heavy atom. The van der Waals surface area contributed by atoms with E-state index in [1.54, 1.807) is 23.3 Å². The molecule has 4 nitrogen and oxygen atoms in total. The standard InChI is InChI=1S/C17H19FN2O2S/c1-12(10-15-4-3-9-23-15)20(2)16(21)11-19-17(22)13-5-7-14(18)8-6-13/h3-9,12H,10-11H2,1-2H3,(H,19,22)/t12-/m0/s1. The molecule has 0 saturated heterocycles. The predicted molar refractivity (Wildman–Crippen MR) is 89.0 cm³/mol. The second kappa shape index (κ2) is 7.87. The maximum Gasteiger partial charge on any atom is 0.251 e. The second-order valence-electron chi connectivity index (χ2n) is 5.33. The van der Waals surface area contributed by atoms with Gasteiger partial charge < -0.3 is 10.2 Å². The number of halogens is 1. The van der Waals surface area contributed by atoms with Crippen LogP contribution in [0.5, 0.6) is 0 Å². The largest absolute Gasteiger partial charge is 0.343 e. The fourth-order valence-corrected chi connectivity index (χ4v) is 2.91. The first-order valence-electron chi connectivity index (χ1n) is 7.29. The van der Waals surface area contributed by atoms with E-state index in [0.717, 1.165) is 6.42 Å². The summed E-state index contributed by atoms with van der Waals surface area (Å²) in [7, 11) is 1.73. The van der Waals surface area contributed by atoms with Crippen molar-refractivity contribution in [2.45, 2.75) is 19.4 Å². The number of rotatable bonds is 6. The van der Waals surface area contributed by atoms with Crippen LogP contribution in [0, 0.1) is 5.82 Å². The molecule has 1 aromatic heterocycles. The van der Waals surface area contributed by atoms with Crippen molar-refractivity contribution in [3.05, 3.63) is 58.0 Å². The molecule has 0 aliphatic rings. The van der Waals surface area contributed by atoms with Crippen LogP contribution in [0.15, 0.2) is 41.8 Å². The number of benzene rings is 1. The Morgan fingerprint density at radius 1 is 1.26 bits per heavy atom. The molecule has 2 amide bonds. The molecule has 0 unspecified atom stereocenters. The van der Waals surface area contributed by atoms with Gasteiger partial charge in [0.25, 0.3) is 5.91 Å². The van der Waals surface area contributed by atoms with Gasteiger partial charge in [-0.25, -0.2) is 4.39 Å². The molecular weight excluding hydrogens is 315 g/mol. The summed E-state index contributed by atoms with van der Waals surface area (Å²) in [5, 5.41) is 4.57. The van der Waals surface area contributed by atoms with Crippen LogP contribution in [0.1, 0.15) is 22.2 Å². The molecule has 2 rings (SSSR count). The Balaban J connectivity index is 1.83. The van der Waals surface area contributed by atoms with Gasteiger partial charge in [0.15, 0.2) is 0 Å². The Bertz CT molecular complexity index is 656. The quantitative estimate of drug-likeness (QED) is 0.883. The average Bonchev–Trinajstić information content (AvgIpc) is 3.05. The lowest BCUT2D eigenvalue weighted by atomic mass is 10.2. The van der Waals surface area contributed by atoms with Crippen molar-refractivity contribution >= 4 is 23.2 Å². The number of nitrogens with zero attached hydrogens (tertiary/aromatic N) is 1. The topological polar surface area (TPSA) is 49.4 Å². The van der Waals surface area contributed by atoms with E-state index in [-0.39, 0.29) is 18.5 Å². The Hall–Kier alpha value is -2.21. The number of hydrogen-bond acceptors (Lipinski definition) is 3.